The molecule has 0 aliphatic heterocycles. The zero-order valence-corrected chi connectivity index (χ0v) is 10.8. The van der Waals surface area contributed by atoms with Gasteiger partial charge in [-0.1, -0.05) is 35.5 Å². The Morgan fingerprint density at radius 3 is 2.37 bits per heavy atom. The van der Waals surface area contributed by atoms with E-state index in [0.717, 1.165) is 4.68 Å². The first-order valence-corrected chi connectivity index (χ1v) is 5.92. The van der Waals surface area contributed by atoms with Crippen LogP contribution in [-0.2, 0) is 18.0 Å². The van der Waals surface area contributed by atoms with Crippen molar-refractivity contribution in [1.29, 1.82) is 0 Å². The molecule has 2 N–H and O–H groups in total. The molecule has 102 valence electrons. The lowest BCUT2D eigenvalue weighted by Gasteiger charge is -2.16. The maximum atomic E-state index is 14.0. The van der Waals surface area contributed by atoms with Gasteiger partial charge in [-0.05, 0) is 13.8 Å². The third-order valence-corrected chi connectivity index (χ3v) is 2.76. The minimum absolute atomic E-state index is 0.0425. The fraction of sp³-hybridized carbons (Fsp3) is 0.385. The Hall–Kier alpha value is -1.82. The van der Waals surface area contributed by atoms with Crippen LogP contribution in [0.15, 0.2) is 36.5 Å². The average molecular weight is 266 g/mol. The quantitative estimate of drug-likeness (QED) is 0.923. The number of hydrogen-bond donors (Lipinski definition) is 1. The minimum Gasteiger partial charge on any atom is -0.320 e. The normalized spacial score (nSPS) is 12.7. The summed E-state index contributed by atoms with van der Waals surface area (Å²) in [5, 5.41) is 7.52. The van der Waals surface area contributed by atoms with Crippen molar-refractivity contribution in [2.75, 3.05) is 0 Å². The van der Waals surface area contributed by atoms with E-state index in [0.29, 0.717) is 5.69 Å². The third kappa shape index (κ3) is 3.14. The van der Waals surface area contributed by atoms with Gasteiger partial charge in [-0.2, -0.15) is 8.78 Å². The van der Waals surface area contributed by atoms with Gasteiger partial charge in [0.25, 0.3) is 5.92 Å². The second-order valence-corrected chi connectivity index (χ2v) is 5.09. The van der Waals surface area contributed by atoms with E-state index in [2.05, 4.69) is 10.3 Å². The molecule has 0 saturated heterocycles. The van der Waals surface area contributed by atoms with E-state index in [1.54, 1.807) is 32.0 Å². The van der Waals surface area contributed by atoms with Crippen LogP contribution in [0, 0.1) is 0 Å². The summed E-state index contributed by atoms with van der Waals surface area (Å²) in [7, 11) is 0. The maximum Gasteiger partial charge on any atom is 0.292 e. The van der Waals surface area contributed by atoms with Gasteiger partial charge >= 0.3 is 0 Å². The number of alkyl halides is 2. The van der Waals surface area contributed by atoms with Gasteiger partial charge in [0.2, 0.25) is 0 Å². The number of halogens is 2. The summed E-state index contributed by atoms with van der Waals surface area (Å²) in [5.41, 5.74) is 5.59. The Balaban J connectivity index is 2.19. The van der Waals surface area contributed by atoms with Crippen molar-refractivity contribution in [1.82, 2.24) is 15.0 Å². The Kier molecular flexibility index (Phi) is 3.36. The van der Waals surface area contributed by atoms with Crippen LogP contribution >= 0.6 is 0 Å². The monoisotopic (exact) mass is 266 g/mol. The molecule has 1 aromatic heterocycles. The second-order valence-electron chi connectivity index (χ2n) is 5.09. The molecule has 1 aromatic carbocycles. The van der Waals surface area contributed by atoms with Crippen LogP contribution in [0.25, 0.3) is 0 Å². The number of rotatable bonds is 4. The van der Waals surface area contributed by atoms with Crippen LogP contribution < -0.4 is 5.73 Å². The number of hydrogen-bond acceptors (Lipinski definition) is 3. The molecule has 2 rings (SSSR count). The van der Waals surface area contributed by atoms with Gasteiger partial charge in [0.05, 0.1) is 11.7 Å². The summed E-state index contributed by atoms with van der Waals surface area (Å²) >= 11 is 0. The topological polar surface area (TPSA) is 56.7 Å². The van der Waals surface area contributed by atoms with Crippen molar-refractivity contribution in [3.8, 4) is 0 Å². The summed E-state index contributed by atoms with van der Waals surface area (Å²) in [6, 6.07) is 7.65. The number of nitrogens with two attached hydrogens (primary N) is 1. The molecule has 2 aromatic rings. The second kappa shape index (κ2) is 4.70. The molecular weight excluding hydrogens is 250 g/mol. The largest absolute Gasteiger partial charge is 0.320 e. The maximum absolute atomic E-state index is 14.0. The van der Waals surface area contributed by atoms with Crippen LogP contribution in [-0.4, -0.2) is 15.0 Å². The SMILES string of the molecule is CC(C)(N)c1cn(CC(F)(F)c2ccccc2)nn1. The molecule has 0 saturated carbocycles. The highest BCUT2D eigenvalue weighted by Crippen LogP contribution is 2.29. The van der Waals surface area contributed by atoms with E-state index in [1.807, 2.05) is 0 Å². The summed E-state index contributed by atoms with van der Waals surface area (Å²) in [5.74, 6) is -3.00. The van der Waals surface area contributed by atoms with Gasteiger partial charge in [-0.3, -0.25) is 0 Å². The van der Waals surface area contributed by atoms with E-state index in [-0.39, 0.29) is 5.56 Å². The van der Waals surface area contributed by atoms with Crippen molar-refractivity contribution in [2.24, 2.45) is 5.73 Å². The molecule has 0 aliphatic carbocycles. The van der Waals surface area contributed by atoms with Gasteiger partial charge in [-0.15, -0.1) is 5.10 Å². The summed E-state index contributed by atoms with van der Waals surface area (Å²) in [4.78, 5) is 0. The smallest absolute Gasteiger partial charge is 0.292 e. The Bertz CT molecular complexity index is 543. The summed E-state index contributed by atoms with van der Waals surface area (Å²) < 4.78 is 29.2. The molecule has 19 heavy (non-hydrogen) atoms. The van der Waals surface area contributed by atoms with E-state index < -0.39 is 18.0 Å². The van der Waals surface area contributed by atoms with Gasteiger partial charge in [0, 0.05) is 5.56 Å². The molecule has 4 nitrogen and oxygen atoms in total. The fourth-order valence-corrected chi connectivity index (χ4v) is 1.65. The molecular formula is C13H16F2N4. The Morgan fingerprint density at radius 2 is 1.84 bits per heavy atom. The van der Waals surface area contributed by atoms with Crippen molar-refractivity contribution < 1.29 is 8.78 Å². The molecule has 0 spiro atoms. The molecule has 0 fully saturated rings. The summed E-state index contributed by atoms with van der Waals surface area (Å²) in [6.07, 6.45) is 1.46. The molecule has 0 amide bonds. The van der Waals surface area contributed by atoms with Crippen LogP contribution in [0.2, 0.25) is 0 Å². The highest BCUT2D eigenvalue weighted by Gasteiger charge is 2.33. The van der Waals surface area contributed by atoms with E-state index >= 15 is 0 Å². The Labute approximate surface area is 110 Å². The Morgan fingerprint density at radius 1 is 1.21 bits per heavy atom. The molecule has 6 heteroatoms. The van der Waals surface area contributed by atoms with Crippen LogP contribution in [0.4, 0.5) is 8.78 Å². The number of aromatic nitrogens is 3. The predicted molar refractivity (Wildman–Crippen MR) is 67.6 cm³/mol. The molecule has 0 unspecified atom stereocenters. The minimum atomic E-state index is -3.00. The van der Waals surface area contributed by atoms with Gasteiger partial charge < -0.3 is 5.73 Å². The first-order valence-electron chi connectivity index (χ1n) is 5.92. The molecule has 0 atom stereocenters. The van der Waals surface area contributed by atoms with E-state index in [9.17, 15) is 8.78 Å². The lowest BCUT2D eigenvalue weighted by atomic mass is 10.0. The molecule has 0 radical (unpaired) electrons. The van der Waals surface area contributed by atoms with Crippen LogP contribution in [0.1, 0.15) is 25.1 Å². The van der Waals surface area contributed by atoms with Crippen molar-refractivity contribution in [3.05, 3.63) is 47.8 Å². The van der Waals surface area contributed by atoms with Gasteiger partial charge in [0.15, 0.2) is 0 Å². The standard InChI is InChI=1S/C13H16F2N4/c1-12(2,16)11-8-19(18-17-11)9-13(14,15)10-6-4-3-5-7-10/h3-8H,9,16H2,1-2H3. The summed E-state index contributed by atoms with van der Waals surface area (Å²) in [6.45, 7) is 2.94. The van der Waals surface area contributed by atoms with Gasteiger partial charge in [0.1, 0.15) is 12.2 Å². The zero-order valence-electron chi connectivity index (χ0n) is 10.8. The highest BCUT2D eigenvalue weighted by atomic mass is 19.3. The third-order valence-electron chi connectivity index (χ3n) is 2.76. The lowest BCUT2D eigenvalue weighted by molar-refractivity contribution is -0.0258. The predicted octanol–water partition coefficient (Wildman–Crippen LogP) is 2.26. The van der Waals surface area contributed by atoms with Gasteiger partial charge in [-0.25, -0.2) is 4.68 Å². The van der Waals surface area contributed by atoms with Crippen LogP contribution in [0.5, 0.6) is 0 Å². The van der Waals surface area contributed by atoms with Crippen molar-refractivity contribution in [3.63, 3.8) is 0 Å². The molecule has 0 bridgehead atoms. The van der Waals surface area contributed by atoms with Crippen molar-refractivity contribution >= 4 is 0 Å². The van der Waals surface area contributed by atoms with Crippen LogP contribution in [0.3, 0.4) is 0 Å². The zero-order chi connectivity index (χ0) is 14.1. The first kappa shape index (κ1) is 13.6. The average Bonchev–Trinajstić information content (AvgIpc) is 2.78. The molecule has 0 aliphatic rings. The first-order chi connectivity index (χ1) is 8.79. The van der Waals surface area contributed by atoms with E-state index in [4.69, 9.17) is 5.73 Å². The number of nitrogens with zero attached hydrogens (tertiary/aromatic N) is 3. The fourth-order valence-electron chi connectivity index (χ4n) is 1.65. The van der Waals surface area contributed by atoms with E-state index in [1.165, 1.54) is 18.3 Å². The lowest BCUT2D eigenvalue weighted by Crippen LogP contribution is -2.29. The number of benzene rings is 1. The molecule has 1 heterocycles. The van der Waals surface area contributed by atoms with Crippen molar-refractivity contribution in [2.45, 2.75) is 31.9 Å². The highest BCUT2D eigenvalue weighted by molar-refractivity contribution is 5.19.